The molecule has 0 spiro atoms. The summed E-state index contributed by atoms with van der Waals surface area (Å²) in [4.78, 5) is 54.8. The number of amides is 3. The molecule has 0 bridgehead atoms. The number of imidazole rings is 1. The molecule has 11 heteroatoms. The van der Waals surface area contributed by atoms with Crippen molar-refractivity contribution in [1.82, 2.24) is 25.5 Å². The van der Waals surface area contributed by atoms with Crippen molar-refractivity contribution < 1.29 is 24.3 Å². The van der Waals surface area contributed by atoms with Crippen LogP contribution in [0.2, 0.25) is 0 Å². The molecule has 0 radical (unpaired) electrons. The van der Waals surface area contributed by atoms with Crippen LogP contribution in [-0.4, -0.2) is 75.4 Å². The largest absolute Gasteiger partial charge is 0.480 e. The lowest BCUT2D eigenvalue weighted by Gasteiger charge is -2.24. The van der Waals surface area contributed by atoms with E-state index < -0.39 is 42.3 Å². The molecular formula is C15H22N6O5. The summed E-state index contributed by atoms with van der Waals surface area (Å²) < 4.78 is 0. The Morgan fingerprint density at radius 3 is 2.77 bits per heavy atom. The van der Waals surface area contributed by atoms with E-state index in [-0.39, 0.29) is 13.0 Å². The number of aromatic nitrogens is 2. The lowest BCUT2D eigenvalue weighted by molar-refractivity contribution is -0.141. The van der Waals surface area contributed by atoms with Crippen LogP contribution in [0.4, 0.5) is 0 Å². The summed E-state index contributed by atoms with van der Waals surface area (Å²) in [6.45, 7) is -0.408. The van der Waals surface area contributed by atoms with Crippen LogP contribution >= 0.6 is 0 Å². The maximum absolute atomic E-state index is 12.3. The standard InChI is InChI=1S/C15H22N6O5/c16-10(4-9-5-17-8-20-9)14(25)18-6-12(22)21-3-1-2-11(21)15(26)19-7-13(23)24/h5,8,10-11H,1-4,6-7,16H2,(H,17,20)(H,18,25)(H,19,26)(H,23,24). The first kappa shape index (κ1) is 19.4. The highest BCUT2D eigenvalue weighted by molar-refractivity contribution is 5.92. The Hall–Kier alpha value is -2.95. The van der Waals surface area contributed by atoms with Crippen LogP contribution in [0.25, 0.3) is 0 Å². The molecule has 6 N–H and O–H groups in total. The predicted octanol–water partition coefficient (Wildman–Crippen LogP) is -2.41. The van der Waals surface area contributed by atoms with Gasteiger partial charge in [0.15, 0.2) is 0 Å². The van der Waals surface area contributed by atoms with Gasteiger partial charge < -0.3 is 31.4 Å². The maximum Gasteiger partial charge on any atom is 0.322 e. The van der Waals surface area contributed by atoms with Gasteiger partial charge in [0, 0.05) is 24.9 Å². The van der Waals surface area contributed by atoms with Gasteiger partial charge in [-0.1, -0.05) is 0 Å². The van der Waals surface area contributed by atoms with Gasteiger partial charge in [0.05, 0.1) is 18.9 Å². The number of H-pyrrole nitrogens is 1. The number of likely N-dealkylation sites (tertiary alicyclic amines) is 1. The summed E-state index contributed by atoms with van der Waals surface area (Å²) in [5.41, 5.74) is 6.49. The second-order valence-electron chi connectivity index (χ2n) is 5.96. The minimum atomic E-state index is -1.16. The first-order chi connectivity index (χ1) is 12.4. The minimum Gasteiger partial charge on any atom is -0.480 e. The Morgan fingerprint density at radius 1 is 1.35 bits per heavy atom. The average molecular weight is 366 g/mol. The molecular weight excluding hydrogens is 344 g/mol. The van der Waals surface area contributed by atoms with Crippen molar-refractivity contribution in [3.8, 4) is 0 Å². The molecule has 1 aliphatic rings. The number of nitrogens with zero attached hydrogens (tertiary/aromatic N) is 2. The fourth-order valence-electron chi connectivity index (χ4n) is 2.74. The number of nitrogens with one attached hydrogen (secondary N) is 3. The van der Waals surface area contributed by atoms with Crippen molar-refractivity contribution in [1.29, 1.82) is 0 Å². The molecule has 1 saturated heterocycles. The number of carbonyl (C=O) groups is 4. The van der Waals surface area contributed by atoms with Crippen molar-refractivity contribution >= 4 is 23.7 Å². The SMILES string of the molecule is NC(Cc1cnc[nH]1)C(=O)NCC(=O)N1CCCC1C(=O)NCC(=O)O. The van der Waals surface area contributed by atoms with Gasteiger partial charge in [0.1, 0.15) is 12.6 Å². The molecule has 0 aromatic carbocycles. The van der Waals surface area contributed by atoms with Gasteiger partial charge in [-0.3, -0.25) is 19.2 Å². The molecule has 0 saturated carbocycles. The van der Waals surface area contributed by atoms with E-state index >= 15 is 0 Å². The van der Waals surface area contributed by atoms with E-state index in [2.05, 4.69) is 20.6 Å². The molecule has 2 heterocycles. The smallest absolute Gasteiger partial charge is 0.322 e. The Labute approximate surface area is 149 Å². The third-order valence-corrected chi connectivity index (χ3v) is 4.03. The highest BCUT2D eigenvalue weighted by Gasteiger charge is 2.34. The number of aromatic amines is 1. The van der Waals surface area contributed by atoms with E-state index in [9.17, 15) is 19.2 Å². The van der Waals surface area contributed by atoms with E-state index in [4.69, 9.17) is 10.8 Å². The van der Waals surface area contributed by atoms with Crippen LogP contribution in [0.5, 0.6) is 0 Å². The molecule has 1 aliphatic heterocycles. The molecule has 142 valence electrons. The van der Waals surface area contributed by atoms with E-state index in [1.807, 2.05) is 0 Å². The first-order valence-corrected chi connectivity index (χ1v) is 8.18. The molecule has 1 fully saturated rings. The molecule has 26 heavy (non-hydrogen) atoms. The van der Waals surface area contributed by atoms with Gasteiger partial charge in [-0.25, -0.2) is 4.98 Å². The second-order valence-corrected chi connectivity index (χ2v) is 5.96. The van der Waals surface area contributed by atoms with Gasteiger partial charge in [-0.2, -0.15) is 0 Å². The van der Waals surface area contributed by atoms with Crippen LogP contribution in [-0.2, 0) is 25.6 Å². The number of carbonyl (C=O) groups excluding carboxylic acids is 3. The van der Waals surface area contributed by atoms with E-state index in [0.29, 0.717) is 25.1 Å². The van der Waals surface area contributed by atoms with Crippen LogP contribution < -0.4 is 16.4 Å². The van der Waals surface area contributed by atoms with Crippen LogP contribution in [0, 0.1) is 0 Å². The predicted molar refractivity (Wildman–Crippen MR) is 88.7 cm³/mol. The minimum absolute atomic E-state index is 0.254. The van der Waals surface area contributed by atoms with Crippen LogP contribution in [0.1, 0.15) is 18.5 Å². The molecule has 2 unspecified atom stereocenters. The lowest BCUT2D eigenvalue weighted by Crippen LogP contribution is -2.51. The van der Waals surface area contributed by atoms with Crippen molar-refractivity contribution in [2.75, 3.05) is 19.6 Å². The zero-order valence-corrected chi connectivity index (χ0v) is 14.1. The van der Waals surface area contributed by atoms with Crippen molar-refractivity contribution in [3.63, 3.8) is 0 Å². The summed E-state index contributed by atoms with van der Waals surface area (Å²) in [6, 6.07) is -1.56. The van der Waals surface area contributed by atoms with Crippen LogP contribution in [0.3, 0.4) is 0 Å². The van der Waals surface area contributed by atoms with Crippen molar-refractivity contribution in [2.24, 2.45) is 5.73 Å². The van der Waals surface area contributed by atoms with E-state index in [1.54, 1.807) is 6.20 Å². The van der Waals surface area contributed by atoms with Crippen molar-refractivity contribution in [3.05, 3.63) is 18.2 Å². The fraction of sp³-hybridized carbons (Fsp3) is 0.533. The summed E-state index contributed by atoms with van der Waals surface area (Å²) in [7, 11) is 0. The highest BCUT2D eigenvalue weighted by atomic mass is 16.4. The molecule has 1 aromatic rings. The normalized spacial score (nSPS) is 17.6. The third-order valence-electron chi connectivity index (χ3n) is 4.03. The number of hydrogen-bond donors (Lipinski definition) is 5. The Morgan fingerprint density at radius 2 is 2.12 bits per heavy atom. The summed E-state index contributed by atoms with van der Waals surface area (Å²) in [6.07, 6.45) is 4.37. The van der Waals surface area contributed by atoms with Gasteiger partial charge >= 0.3 is 5.97 Å². The van der Waals surface area contributed by atoms with Gasteiger partial charge in [0.25, 0.3) is 0 Å². The van der Waals surface area contributed by atoms with Crippen molar-refractivity contribution in [2.45, 2.75) is 31.3 Å². The third kappa shape index (κ3) is 5.28. The average Bonchev–Trinajstić information content (AvgIpc) is 3.28. The second kappa shape index (κ2) is 8.94. The van der Waals surface area contributed by atoms with Gasteiger partial charge in [0.2, 0.25) is 17.7 Å². The maximum atomic E-state index is 12.3. The van der Waals surface area contributed by atoms with Crippen LogP contribution in [0.15, 0.2) is 12.5 Å². The zero-order valence-electron chi connectivity index (χ0n) is 14.1. The molecule has 2 atom stereocenters. The van der Waals surface area contributed by atoms with E-state index in [1.165, 1.54) is 11.2 Å². The van der Waals surface area contributed by atoms with E-state index in [0.717, 1.165) is 0 Å². The number of rotatable bonds is 8. The van der Waals surface area contributed by atoms with Gasteiger partial charge in [-0.15, -0.1) is 0 Å². The Kier molecular flexibility index (Phi) is 6.67. The monoisotopic (exact) mass is 366 g/mol. The highest BCUT2D eigenvalue weighted by Crippen LogP contribution is 2.17. The first-order valence-electron chi connectivity index (χ1n) is 8.18. The number of carboxylic acid groups (broad SMARTS) is 1. The fourth-order valence-corrected chi connectivity index (χ4v) is 2.74. The molecule has 2 rings (SSSR count). The summed E-state index contributed by atoms with van der Waals surface area (Å²) >= 11 is 0. The Bertz CT molecular complexity index is 661. The lowest BCUT2D eigenvalue weighted by atomic mass is 10.1. The number of nitrogens with two attached hydrogens (primary N) is 1. The molecule has 3 amide bonds. The molecule has 11 nitrogen and oxygen atoms in total. The number of aliphatic carboxylic acids is 1. The molecule has 0 aliphatic carbocycles. The zero-order chi connectivity index (χ0) is 19.1. The summed E-state index contributed by atoms with van der Waals surface area (Å²) in [5.74, 6) is -2.58. The summed E-state index contributed by atoms with van der Waals surface area (Å²) in [5, 5.41) is 13.3. The topological polar surface area (TPSA) is 171 Å². The number of hydrogen-bond acceptors (Lipinski definition) is 6. The number of carboxylic acids is 1. The quantitative estimate of drug-likeness (QED) is 0.341. The molecule has 1 aromatic heterocycles. The van der Waals surface area contributed by atoms with Gasteiger partial charge in [-0.05, 0) is 12.8 Å². The Balaban J connectivity index is 1.81.